The number of aliphatic hydroxyl groups is 1. The van der Waals surface area contributed by atoms with Crippen molar-refractivity contribution < 1.29 is 9.90 Å². The molecule has 0 saturated carbocycles. The Kier molecular flexibility index (Phi) is 4.28. The molecule has 0 aromatic carbocycles. The molecule has 0 aromatic rings. The molecule has 2 N–H and O–H groups in total. The number of rotatable bonds is 3. The quantitative estimate of drug-likeness (QED) is 0.724. The highest BCUT2D eigenvalue weighted by Crippen LogP contribution is 2.17. The number of Topliss-reactive ketones (excluding diaryl/α,β-unsaturated/α-hetero) is 1. The van der Waals surface area contributed by atoms with E-state index in [4.69, 9.17) is 5.11 Å². The SMILES string of the molecule is CC(C)(C)NC(CO)C(=O)C(C)(C)C. The van der Waals surface area contributed by atoms with Crippen LogP contribution in [0.15, 0.2) is 0 Å². The second-order valence-corrected chi connectivity index (χ2v) is 5.74. The van der Waals surface area contributed by atoms with E-state index >= 15 is 0 Å². The molecule has 0 amide bonds. The molecule has 3 nitrogen and oxygen atoms in total. The zero-order valence-electron chi connectivity index (χ0n) is 10.1. The highest BCUT2D eigenvalue weighted by Gasteiger charge is 2.31. The number of hydrogen-bond donors (Lipinski definition) is 2. The monoisotopic (exact) mass is 201 g/mol. The van der Waals surface area contributed by atoms with Crippen molar-refractivity contribution in [1.82, 2.24) is 5.32 Å². The Balaban J connectivity index is 4.51. The summed E-state index contributed by atoms with van der Waals surface area (Å²) in [6.45, 7) is 11.4. The minimum atomic E-state index is -0.463. The van der Waals surface area contributed by atoms with Gasteiger partial charge in [0.15, 0.2) is 5.78 Å². The summed E-state index contributed by atoms with van der Waals surface area (Å²) >= 11 is 0. The molecule has 3 heteroatoms. The van der Waals surface area contributed by atoms with E-state index in [1.807, 2.05) is 41.5 Å². The number of aliphatic hydroxyl groups excluding tert-OH is 1. The lowest BCUT2D eigenvalue weighted by Crippen LogP contribution is -2.52. The Morgan fingerprint density at radius 2 is 1.64 bits per heavy atom. The van der Waals surface area contributed by atoms with Gasteiger partial charge in [-0.05, 0) is 20.8 Å². The van der Waals surface area contributed by atoms with E-state index in [2.05, 4.69) is 5.32 Å². The van der Waals surface area contributed by atoms with Crippen LogP contribution in [0.25, 0.3) is 0 Å². The van der Waals surface area contributed by atoms with Crippen molar-refractivity contribution in [3.05, 3.63) is 0 Å². The average Bonchev–Trinajstić information content (AvgIpc) is 1.95. The zero-order chi connectivity index (χ0) is 11.6. The third-order valence-electron chi connectivity index (χ3n) is 1.85. The van der Waals surface area contributed by atoms with Crippen molar-refractivity contribution in [2.45, 2.75) is 53.1 Å². The van der Waals surface area contributed by atoms with Crippen LogP contribution in [-0.2, 0) is 4.79 Å². The Morgan fingerprint density at radius 1 is 1.21 bits per heavy atom. The normalized spacial score (nSPS) is 15.4. The first-order chi connectivity index (χ1) is 6.08. The fraction of sp³-hybridized carbons (Fsp3) is 0.909. The number of nitrogens with one attached hydrogen (secondary N) is 1. The third-order valence-corrected chi connectivity index (χ3v) is 1.85. The highest BCUT2D eigenvalue weighted by atomic mass is 16.3. The molecule has 0 spiro atoms. The van der Waals surface area contributed by atoms with Crippen LogP contribution in [-0.4, -0.2) is 29.1 Å². The third kappa shape index (κ3) is 4.72. The summed E-state index contributed by atoms with van der Waals surface area (Å²) in [6, 6.07) is -0.463. The lowest BCUT2D eigenvalue weighted by molar-refractivity contribution is -0.129. The van der Waals surface area contributed by atoms with Crippen LogP contribution in [0.4, 0.5) is 0 Å². The summed E-state index contributed by atoms with van der Waals surface area (Å²) < 4.78 is 0. The number of ketones is 1. The van der Waals surface area contributed by atoms with Gasteiger partial charge in [-0.1, -0.05) is 20.8 Å². The van der Waals surface area contributed by atoms with Gasteiger partial charge in [-0.3, -0.25) is 4.79 Å². The molecule has 1 unspecified atom stereocenters. The molecule has 0 aliphatic heterocycles. The highest BCUT2D eigenvalue weighted by molar-refractivity contribution is 5.88. The maximum Gasteiger partial charge on any atom is 0.157 e. The van der Waals surface area contributed by atoms with Crippen molar-refractivity contribution >= 4 is 5.78 Å². The molecule has 0 aliphatic carbocycles. The standard InChI is InChI=1S/C11H23NO2/c1-10(2,3)9(14)8(7-13)12-11(4,5)6/h8,12-13H,7H2,1-6H3. The maximum absolute atomic E-state index is 11.9. The lowest BCUT2D eigenvalue weighted by atomic mass is 9.86. The minimum absolute atomic E-state index is 0.0509. The molecule has 0 fully saturated rings. The van der Waals surface area contributed by atoms with Crippen LogP contribution in [0.3, 0.4) is 0 Å². The lowest BCUT2D eigenvalue weighted by Gasteiger charge is -2.30. The van der Waals surface area contributed by atoms with Crippen LogP contribution in [0.5, 0.6) is 0 Å². The second kappa shape index (κ2) is 4.41. The molecule has 84 valence electrons. The predicted molar refractivity (Wildman–Crippen MR) is 58.2 cm³/mol. The first-order valence-corrected chi connectivity index (χ1v) is 5.01. The molecule has 14 heavy (non-hydrogen) atoms. The van der Waals surface area contributed by atoms with Gasteiger partial charge in [0, 0.05) is 11.0 Å². The summed E-state index contributed by atoms with van der Waals surface area (Å²) in [5, 5.41) is 12.3. The number of carbonyl (C=O) groups is 1. The minimum Gasteiger partial charge on any atom is -0.394 e. The van der Waals surface area contributed by atoms with Crippen molar-refractivity contribution in [3.8, 4) is 0 Å². The second-order valence-electron chi connectivity index (χ2n) is 5.74. The molecule has 0 radical (unpaired) electrons. The van der Waals surface area contributed by atoms with Crippen LogP contribution >= 0.6 is 0 Å². The van der Waals surface area contributed by atoms with E-state index in [1.54, 1.807) is 0 Å². The van der Waals surface area contributed by atoms with Crippen molar-refractivity contribution in [2.75, 3.05) is 6.61 Å². The Labute approximate surface area is 86.9 Å². The molecule has 0 aliphatic rings. The van der Waals surface area contributed by atoms with Gasteiger partial charge in [-0.15, -0.1) is 0 Å². The summed E-state index contributed by atoms with van der Waals surface area (Å²) in [5.74, 6) is 0.0509. The molecule has 0 heterocycles. The Hall–Kier alpha value is -0.410. The maximum atomic E-state index is 11.9. The van der Waals surface area contributed by atoms with Gasteiger partial charge in [0.1, 0.15) is 0 Å². The molecule has 0 bridgehead atoms. The zero-order valence-corrected chi connectivity index (χ0v) is 10.1. The van der Waals surface area contributed by atoms with E-state index in [0.29, 0.717) is 0 Å². The Bertz CT molecular complexity index is 198. The summed E-state index contributed by atoms with van der Waals surface area (Å²) in [7, 11) is 0. The van der Waals surface area contributed by atoms with Crippen molar-refractivity contribution in [3.63, 3.8) is 0 Å². The molecular formula is C11H23NO2. The van der Waals surface area contributed by atoms with Gasteiger partial charge in [-0.2, -0.15) is 0 Å². The average molecular weight is 201 g/mol. The van der Waals surface area contributed by atoms with E-state index in [1.165, 1.54) is 0 Å². The molecular weight excluding hydrogens is 178 g/mol. The van der Waals surface area contributed by atoms with Gasteiger partial charge < -0.3 is 10.4 Å². The van der Waals surface area contributed by atoms with E-state index < -0.39 is 11.5 Å². The van der Waals surface area contributed by atoms with Crippen LogP contribution in [0, 0.1) is 5.41 Å². The largest absolute Gasteiger partial charge is 0.394 e. The summed E-state index contributed by atoms with van der Waals surface area (Å²) in [5.41, 5.74) is -0.569. The molecule has 0 saturated heterocycles. The van der Waals surface area contributed by atoms with Crippen molar-refractivity contribution in [2.24, 2.45) is 5.41 Å². The van der Waals surface area contributed by atoms with Crippen LogP contribution in [0.2, 0.25) is 0 Å². The van der Waals surface area contributed by atoms with E-state index in [0.717, 1.165) is 0 Å². The summed E-state index contributed by atoms with van der Waals surface area (Å²) in [4.78, 5) is 11.9. The van der Waals surface area contributed by atoms with Gasteiger partial charge in [0.2, 0.25) is 0 Å². The van der Waals surface area contributed by atoms with Gasteiger partial charge in [-0.25, -0.2) is 0 Å². The van der Waals surface area contributed by atoms with E-state index in [9.17, 15) is 4.79 Å². The predicted octanol–water partition coefficient (Wildman–Crippen LogP) is 1.35. The van der Waals surface area contributed by atoms with E-state index in [-0.39, 0.29) is 17.9 Å². The van der Waals surface area contributed by atoms with Gasteiger partial charge >= 0.3 is 0 Å². The fourth-order valence-corrected chi connectivity index (χ4v) is 1.24. The Morgan fingerprint density at radius 3 is 1.86 bits per heavy atom. The fourth-order valence-electron chi connectivity index (χ4n) is 1.24. The topological polar surface area (TPSA) is 49.3 Å². The first kappa shape index (κ1) is 13.6. The first-order valence-electron chi connectivity index (χ1n) is 5.01. The van der Waals surface area contributed by atoms with Crippen molar-refractivity contribution in [1.29, 1.82) is 0 Å². The van der Waals surface area contributed by atoms with Gasteiger partial charge in [0.25, 0.3) is 0 Å². The summed E-state index contributed by atoms with van der Waals surface area (Å²) in [6.07, 6.45) is 0. The number of carbonyl (C=O) groups excluding carboxylic acids is 1. The van der Waals surface area contributed by atoms with Gasteiger partial charge in [0.05, 0.1) is 12.6 Å². The molecule has 1 atom stereocenters. The molecule has 0 aromatic heterocycles. The molecule has 0 rings (SSSR count). The number of hydrogen-bond acceptors (Lipinski definition) is 3. The smallest absolute Gasteiger partial charge is 0.157 e. The van der Waals surface area contributed by atoms with Crippen LogP contribution < -0.4 is 5.32 Å². The van der Waals surface area contributed by atoms with Crippen LogP contribution in [0.1, 0.15) is 41.5 Å².